The Hall–Kier alpha value is -2.80. The van der Waals surface area contributed by atoms with Crippen molar-refractivity contribution in [2.24, 2.45) is 0 Å². The van der Waals surface area contributed by atoms with Gasteiger partial charge in [-0.3, -0.25) is 9.59 Å². The van der Waals surface area contributed by atoms with Gasteiger partial charge in [-0.15, -0.1) is 0 Å². The van der Waals surface area contributed by atoms with Crippen LogP contribution in [0.25, 0.3) is 11.0 Å². The van der Waals surface area contributed by atoms with Crippen molar-refractivity contribution < 1.29 is 19.1 Å². The van der Waals surface area contributed by atoms with E-state index in [-0.39, 0.29) is 33.5 Å². The van der Waals surface area contributed by atoms with E-state index in [4.69, 9.17) is 9.15 Å². The van der Waals surface area contributed by atoms with Gasteiger partial charge in [-0.2, -0.15) is 0 Å². The summed E-state index contributed by atoms with van der Waals surface area (Å²) in [6.07, 6.45) is 1.61. The molecule has 0 radical (unpaired) electrons. The molecule has 2 aromatic rings. The summed E-state index contributed by atoms with van der Waals surface area (Å²) < 4.78 is 10.9. The number of aromatic hydroxyl groups is 1. The lowest BCUT2D eigenvalue weighted by Crippen LogP contribution is -2.43. The molecule has 150 valence electrons. The van der Waals surface area contributed by atoms with Crippen molar-refractivity contribution in [2.75, 3.05) is 40.3 Å². The largest absolute Gasteiger partial charge is 0.504 e. The van der Waals surface area contributed by atoms with Crippen LogP contribution in [0.4, 0.5) is 0 Å². The second kappa shape index (κ2) is 8.06. The minimum Gasteiger partial charge on any atom is -0.504 e. The number of phenolic OH excluding ortho intramolecular Hbond substituents is 1. The maximum Gasteiger partial charge on any atom is 0.196 e. The molecule has 0 atom stereocenters. The van der Waals surface area contributed by atoms with E-state index in [0.29, 0.717) is 30.5 Å². The lowest BCUT2D eigenvalue weighted by molar-refractivity contribution is 0.112. The maximum atomic E-state index is 13.1. The van der Waals surface area contributed by atoms with Gasteiger partial charge in [0.05, 0.1) is 12.5 Å². The van der Waals surface area contributed by atoms with Gasteiger partial charge in [0.25, 0.3) is 0 Å². The average Bonchev–Trinajstić information content (AvgIpc) is 2.68. The van der Waals surface area contributed by atoms with Crippen LogP contribution in [0.1, 0.15) is 28.1 Å². The van der Waals surface area contributed by atoms with Gasteiger partial charge in [0.1, 0.15) is 11.3 Å². The second-order valence-electron chi connectivity index (χ2n) is 7.16. The van der Waals surface area contributed by atoms with Crippen LogP contribution in [0.5, 0.6) is 11.5 Å². The Morgan fingerprint density at radius 3 is 2.64 bits per heavy atom. The zero-order valence-corrected chi connectivity index (χ0v) is 16.6. The monoisotopic (exact) mass is 386 g/mol. The lowest BCUT2D eigenvalue weighted by atomic mass is 10.0. The molecule has 7 heteroatoms. The van der Waals surface area contributed by atoms with Crippen LogP contribution in [0.3, 0.4) is 0 Å². The zero-order valence-electron chi connectivity index (χ0n) is 16.6. The van der Waals surface area contributed by atoms with Gasteiger partial charge in [-0.1, -0.05) is 6.58 Å². The van der Waals surface area contributed by atoms with E-state index in [0.717, 1.165) is 31.9 Å². The molecule has 0 unspecified atom stereocenters. The van der Waals surface area contributed by atoms with E-state index < -0.39 is 0 Å². The highest BCUT2D eigenvalue weighted by Crippen LogP contribution is 2.35. The van der Waals surface area contributed by atoms with Gasteiger partial charge in [0.15, 0.2) is 28.8 Å². The number of ether oxygens (including phenoxy) is 1. The predicted molar refractivity (Wildman–Crippen MR) is 107 cm³/mol. The van der Waals surface area contributed by atoms with Crippen molar-refractivity contribution in [3.8, 4) is 11.5 Å². The summed E-state index contributed by atoms with van der Waals surface area (Å²) in [5.41, 5.74) is 1.34. The van der Waals surface area contributed by atoms with Gasteiger partial charge in [0.2, 0.25) is 0 Å². The molecule has 0 amide bonds. The SMILES string of the molecule is C=C(CCc1c(C)oc2c(C=O)c(O)c(OC)cc2c1=O)N1CCN(C)CC1. The predicted octanol–water partition coefficient (Wildman–Crippen LogP) is 2.32. The summed E-state index contributed by atoms with van der Waals surface area (Å²) >= 11 is 0. The summed E-state index contributed by atoms with van der Waals surface area (Å²) in [5, 5.41) is 10.4. The van der Waals surface area contributed by atoms with Crippen molar-refractivity contribution in [3.05, 3.63) is 45.5 Å². The number of likely N-dealkylation sites (N-methyl/N-ethyl adjacent to an activating group) is 1. The molecular weight excluding hydrogens is 360 g/mol. The fraction of sp³-hybridized carbons (Fsp3) is 0.429. The number of fused-ring (bicyclic) bond motifs is 1. The highest BCUT2D eigenvalue weighted by atomic mass is 16.5. The fourth-order valence-electron chi connectivity index (χ4n) is 3.57. The number of phenols is 1. The van der Waals surface area contributed by atoms with E-state index in [1.807, 2.05) is 0 Å². The number of benzene rings is 1. The van der Waals surface area contributed by atoms with Gasteiger partial charge in [-0.05, 0) is 32.9 Å². The third-order valence-electron chi connectivity index (χ3n) is 5.40. The molecule has 0 saturated carbocycles. The van der Waals surface area contributed by atoms with E-state index in [2.05, 4.69) is 23.4 Å². The average molecular weight is 386 g/mol. The molecule has 0 aliphatic carbocycles. The van der Waals surface area contributed by atoms with Crippen LogP contribution < -0.4 is 10.2 Å². The smallest absolute Gasteiger partial charge is 0.196 e. The van der Waals surface area contributed by atoms with Gasteiger partial charge >= 0.3 is 0 Å². The van der Waals surface area contributed by atoms with E-state index in [1.165, 1.54) is 13.2 Å². The Labute approximate surface area is 163 Å². The molecule has 1 aromatic carbocycles. The topological polar surface area (TPSA) is 83.2 Å². The summed E-state index contributed by atoms with van der Waals surface area (Å²) in [6, 6.07) is 1.42. The van der Waals surface area contributed by atoms with Crippen molar-refractivity contribution in [1.29, 1.82) is 0 Å². The zero-order chi connectivity index (χ0) is 20.4. The Kier molecular flexibility index (Phi) is 5.74. The molecule has 2 heterocycles. The number of carbonyl (C=O) groups is 1. The number of carbonyl (C=O) groups excluding carboxylic acids is 1. The number of piperazine rings is 1. The first kappa shape index (κ1) is 19.9. The Morgan fingerprint density at radius 1 is 1.36 bits per heavy atom. The van der Waals surface area contributed by atoms with Crippen LogP contribution in [-0.4, -0.2) is 61.5 Å². The number of aldehydes is 1. The van der Waals surface area contributed by atoms with Crippen molar-refractivity contribution in [3.63, 3.8) is 0 Å². The molecule has 1 fully saturated rings. The quantitative estimate of drug-likeness (QED) is 0.763. The van der Waals surface area contributed by atoms with Crippen LogP contribution >= 0.6 is 0 Å². The molecule has 1 saturated heterocycles. The third-order valence-corrected chi connectivity index (χ3v) is 5.40. The summed E-state index contributed by atoms with van der Waals surface area (Å²) in [6.45, 7) is 9.73. The van der Waals surface area contributed by atoms with E-state index in [9.17, 15) is 14.7 Å². The molecule has 1 aliphatic heterocycles. The van der Waals surface area contributed by atoms with Gasteiger partial charge < -0.3 is 24.1 Å². The first-order valence-electron chi connectivity index (χ1n) is 9.30. The number of nitrogens with zero attached hydrogens (tertiary/aromatic N) is 2. The van der Waals surface area contributed by atoms with Crippen molar-refractivity contribution in [1.82, 2.24) is 9.80 Å². The minimum absolute atomic E-state index is 0.0681. The van der Waals surface area contributed by atoms with Crippen LogP contribution in [0.2, 0.25) is 0 Å². The number of hydrogen-bond acceptors (Lipinski definition) is 7. The normalized spacial score (nSPS) is 15.0. The van der Waals surface area contributed by atoms with Crippen LogP contribution in [-0.2, 0) is 6.42 Å². The number of rotatable bonds is 6. The summed E-state index contributed by atoms with van der Waals surface area (Å²) in [5.74, 6) is 0.179. The minimum atomic E-state index is -0.330. The molecule has 28 heavy (non-hydrogen) atoms. The van der Waals surface area contributed by atoms with Crippen LogP contribution in [0.15, 0.2) is 27.6 Å². The molecule has 7 nitrogen and oxygen atoms in total. The first-order chi connectivity index (χ1) is 13.4. The lowest BCUT2D eigenvalue weighted by Gasteiger charge is -2.35. The molecule has 0 spiro atoms. The fourth-order valence-corrected chi connectivity index (χ4v) is 3.57. The molecule has 0 bridgehead atoms. The number of aryl methyl sites for hydroxylation is 1. The van der Waals surface area contributed by atoms with Gasteiger partial charge in [-0.25, -0.2) is 0 Å². The molecule has 1 N–H and O–H groups in total. The number of methoxy groups -OCH3 is 1. The standard InChI is InChI=1S/C21H26N2O5/c1-13(23-9-7-22(3)8-10-23)5-6-15-14(2)28-21-16(19(15)25)11-18(27-4)20(26)17(21)12-24/h11-12,26H,1,5-10H2,2-4H3. The number of allylic oxidation sites excluding steroid dienone is 1. The molecule has 3 rings (SSSR count). The maximum absolute atomic E-state index is 13.1. The van der Waals surface area contributed by atoms with Gasteiger partial charge in [0, 0.05) is 37.4 Å². The van der Waals surface area contributed by atoms with Crippen molar-refractivity contribution in [2.45, 2.75) is 19.8 Å². The van der Waals surface area contributed by atoms with E-state index >= 15 is 0 Å². The molecular formula is C21H26N2O5. The second-order valence-corrected chi connectivity index (χ2v) is 7.16. The highest BCUT2D eigenvalue weighted by Gasteiger charge is 2.21. The first-order valence-corrected chi connectivity index (χ1v) is 9.30. The third kappa shape index (κ3) is 3.62. The Morgan fingerprint density at radius 2 is 2.04 bits per heavy atom. The van der Waals surface area contributed by atoms with Crippen LogP contribution in [0, 0.1) is 6.92 Å². The summed E-state index contributed by atoms with van der Waals surface area (Å²) in [7, 11) is 3.47. The van der Waals surface area contributed by atoms with E-state index in [1.54, 1.807) is 6.92 Å². The molecule has 1 aliphatic rings. The number of hydrogen-bond donors (Lipinski definition) is 1. The molecule has 1 aromatic heterocycles. The Bertz CT molecular complexity index is 971. The Balaban J connectivity index is 1.92. The summed E-state index contributed by atoms with van der Waals surface area (Å²) in [4.78, 5) is 29.0. The highest BCUT2D eigenvalue weighted by molar-refractivity contribution is 5.99. The van der Waals surface area contributed by atoms with Crippen molar-refractivity contribution >= 4 is 17.3 Å².